The van der Waals surface area contributed by atoms with Crippen molar-refractivity contribution in [3.63, 3.8) is 0 Å². The molecule has 1 atom stereocenters. The van der Waals surface area contributed by atoms with Crippen LogP contribution < -0.4 is 9.62 Å². The summed E-state index contributed by atoms with van der Waals surface area (Å²) in [6.45, 7) is 6.87. The van der Waals surface area contributed by atoms with E-state index in [1.807, 2.05) is 92.7 Å². The minimum Gasteiger partial charge on any atom is -0.354 e. The van der Waals surface area contributed by atoms with E-state index in [2.05, 4.69) is 12.2 Å². The van der Waals surface area contributed by atoms with E-state index in [4.69, 9.17) is 0 Å². The highest BCUT2D eigenvalue weighted by atomic mass is 32.2. The average Bonchev–Trinajstić information content (AvgIpc) is 2.95. The number of benzene rings is 3. The van der Waals surface area contributed by atoms with Gasteiger partial charge in [-0.15, -0.1) is 0 Å². The van der Waals surface area contributed by atoms with Crippen molar-refractivity contribution in [2.24, 2.45) is 0 Å². The molecule has 1 N–H and O–H groups in total. The van der Waals surface area contributed by atoms with E-state index < -0.39 is 16.1 Å². The highest BCUT2D eigenvalue weighted by Gasteiger charge is 2.30. The maximum Gasteiger partial charge on any atom is 0.243 e. The average molecular weight is 578 g/mol. The lowest BCUT2D eigenvalue weighted by molar-refractivity contribution is -0.141. The first-order valence-corrected chi connectivity index (χ1v) is 16.1. The SMILES string of the molecule is CCCCNC(=O)[C@H](Cc1ccccc1)N(Cc1ccccc1)C(=O)CCCN(c1cc(C)ccc1C)S(C)(=O)=O. The molecule has 0 unspecified atom stereocenters. The topological polar surface area (TPSA) is 86.8 Å². The Bertz CT molecular complexity index is 1380. The fourth-order valence-corrected chi connectivity index (χ4v) is 5.83. The third-order valence-electron chi connectivity index (χ3n) is 7.08. The number of sulfonamides is 1. The number of hydrogen-bond donors (Lipinski definition) is 1. The number of amides is 2. The molecule has 8 heteroatoms. The van der Waals surface area contributed by atoms with Gasteiger partial charge in [-0.2, -0.15) is 0 Å². The van der Waals surface area contributed by atoms with Crippen molar-refractivity contribution in [1.29, 1.82) is 0 Å². The summed E-state index contributed by atoms with van der Waals surface area (Å²) >= 11 is 0. The number of hydrogen-bond acceptors (Lipinski definition) is 4. The molecule has 0 fully saturated rings. The summed E-state index contributed by atoms with van der Waals surface area (Å²) in [4.78, 5) is 29.1. The third-order valence-corrected chi connectivity index (χ3v) is 8.26. The summed E-state index contributed by atoms with van der Waals surface area (Å²) in [5, 5.41) is 3.03. The Morgan fingerprint density at radius 3 is 2.12 bits per heavy atom. The van der Waals surface area contributed by atoms with Gasteiger partial charge >= 0.3 is 0 Å². The first kappa shape index (κ1) is 31.9. The van der Waals surface area contributed by atoms with E-state index in [1.54, 1.807) is 4.90 Å². The number of unbranched alkanes of at least 4 members (excludes halogenated alkanes) is 1. The van der Waals surface area contributed by atoms with Crippen LogP contribution in [0.1, 0.15) is 54.9 Å². The molecule has 0 aliphatic heterocycles. The molecule has 0 bridgehead atoms. The monoisotopic (exact) mass is 577 g/mol. The molecule has 0 aliphatic carbocycles. The van der Waals surface area contributed by atoms with Gasteiger partial charge in [0.25, 0.3) is 0 Å². The second-order valence-electron chi connectivity index (χ2n) is 10.6. The Labute approximate surface area is 245 Å². The molecule has 0 saturated heterocycles. The number of nitrogens with zero attached hydrogens (tertiary/aromatic N) is 2. The van der Waals surface area contributed by atoms with Crippen LogP contribution in [0.15, 0.2) is 78.9 Å². The fourth-order valence-electron chi connectivity index (χ4n) is 4.81. The minimum atomic E-state index is -3.56. The first-order chi connectivity index (χ1) is 19.6. The normalized spacial score (nSPS) is 12.0. The van der Waals surface area contributed by atoms with Crippen LogP contribution in [0.2, 0.25) is 0 Å². The minimum absolute atomic E-state index is 0.108. The fraction of sp³-hybridized carbons (Fsp3) is 0.394. The Morgan fingerprint density at radius 2 is 1.51 bits per heavy atom. The van der Waals surface area contributed by atoms with E-state index in [1.165, 1.54) is 10.6 Å². The highest BCUT2D eigenvalue weighted by Crippen LogP contribution is 2.25. The summed E-state index contributed by atoms with van der Waals surface area (Å²) in [6.07, 6.45) is 3.81. The Balaban J connectivity index is 1.86. The van der Waals surface area contributed by atoms with E-state index in [9.17, 15) is 18.0 Å². The van der Waals surface area contributed by atoms with E-state index >= 15 is 0 Å². The highest BCUT2D eigenvalue weighted by molar-refractivity contribution is 7.92. The van der Waals surface area contributed by atoms with Gasteiger partial charge in [0, 0.05) is 32.5 Å². The van der Waals surface area contributed by atoms with Crippen LogP contribution >= 0.6 is 0 Å². The van der Waals surface area contributed by atoms with Crippen molar-refractivity contribution >= 4 is 27.5 Å². The second-order valence-corrected chi connectivity index (χ2v) is 12.5. The molecule has 3 rings (SSSR count). The molecule has 2 amide bonds. The lowest BCUT2D eigenvalue weighted by Gasteiger charge is -2.32. The zero-order valence-electron chi connectivity index (χ0n) is 24.7. The molecule has 0 aliphatic rings. The number of anilines is 1. The van der Waals surface area contributed by atoms with Gasteiger partial charge in [-0.25, -0.2) is 8.42 Å². The summed E-state index contributed by atoms with van der Waals surface area (Å²) in [5.41, 5.74) is 4.32. The van der Waals surface area contributed by atoms with Crippen molar-refractivity contribution < 1.29 is 18.0 Å². The quantitative estimate of drug-likeness (QED) is 0.245. The van der Waals surface area contributed by atoms with Gasteiger partial charge in [-0.05, 0) is 55.0 Å². The summed E-state index contributed by atoms with van der Waals surface area (Å²) in [7, 11) is -3.56. The van der Waals surface area contributed by atoms with Crippen molar-refractivity contribution in [2.75, 3.05) is 23.7 Å². The largest absolute Gasteiger partial charge is 0.354 e. The number of carbonyl (C=O) groups is 2. The van der Waals surface area contributed by atoms with Gasteiger partial charge < -0.3 is 10.2 Å². The van der Waals surface area contributed by atoms with Gasteiger partial charge in [-0.3, -0.25) is 13.9 Å². The van der Waals surface area contributed by atoms with Crippen molar-refractivity contribution in [3.8, 4) is 0 Å². The maximum atomic E-state index is 13.9. The summed E-state index contributed by atoms with van der Waals surface area (Å²) < 4.78 is 26.9. The number of carbonyl (C=O) groups excluding carboxylic acids is 2. The van der Waals surface area contributed by atoms with Gasteiger partial charge in [0.1, 0.15) is 6.04 Å². The van der Waals surface area contributed by atoms with E-state index in [0.29, 0.717) is 25.1 Å². The molecule has 0 spiro atoms. The Hall–Kier alpha value is -3.65. The molecule has 3 aromatic rings. The molecular weight excluding hydrogens is 534 g/mol. The van der Waals surface area contributed by atoms with Gasteiger partial charge in [-0.1, -0.05) is 86.1 Å². The van der Waals surface area contributed by atoms with Crippen LogP contribution in [0.5, 0.6) is 0 Å². The lowest BCUT2D eigenvalue weighted by atomic mass is 10.0. The number of nitrogens with one attached hydrogen (secondary N) is 1. The van der Waals surface area contributed by atoms with Crippen LogP contribution in [0, 0.1) is 13.8 Å². The zero-order valence-corrected chi connectivity index (χ0v) is 25.5. The molecule has 0 aromatic heterocycles. The molecule has 0 radical (unpaired) electrons. The van der Waals surface area contributed by atoms with Crippen LogP contribution in [-0.4, -0.2) is 50.5 Å². The maximum absolute atomic E-state index is 13.9. The van der Waals surface area contributed by atoms with Crippen molar-refractivity contribution in [3.05, 3.63) is 101 Å². The molecule has 41 heavy (non-hydrogen) atoms. The summed E-state index contributed by atoms with van der Waals surface area (Å²) in [5.74, 6) is -0.366. The van der Waals surface area contributed by atoms with E-state index in [-0.39, 0.29) is 31.3 Å². The summed E-state index contributed by atoms with van der Waals surface area (Å²) in [6, 6.07) is 24.4. The predicted octanol–water partition coefficient (Wildman–Crippen LogP) is 5.41. The first-order valence-electron chi connectivity index (χ1n) is 14.3. The molecule has 0 heterocycles. The molecule has 3 aromatic carbocycles. The van der Waals surface area contributed by atoms with Gasteiger partial charge in [0.15, 0.2) is 0 Å². The lowest BCUT2D eigenvalue weighted by Crippen LogP contribution is -2.50. The Morgan fingerprint density at radius 1 is 0.878 bits per heavy atom. The van der Waals surface area contributed by atoms with Crippen LogP contribution in [0.3, 0.4) is 0 Å². The number of rotatable bonds is 15. The molecule has 0 saturated carbocycles. The molecule has 220 valence electrons. The Kier molecular flexibility index (Phi) is 12.0. The smallest absolute Gasteiger partial charge is 0.243 e. The third kappa shape index (κ3) is 9.74. The predicted molar refractivity (Wildman–Crippen MR) is 166 cm³/mol. The van der Waals surface area contributed by atoms with Gasteiger partial charge in [0.05, 0.1) is 11.9 Å². The van der Waals surface area contributed by atoms with Crippen LogP contribution in [-0.2, 0) is 32.6 Å². The van der Waals surface area contributed by atoms with E-state index in [0.717, 1.165) is 35.1 Å². The molecular formula is C33H43N3O4S. The van der Waals surface area contributed by atoms with Gasteiger partial charge in [0.2, 0.25) is 21.8 Å². The van der Waals surface area contributed by atoms with Crippen LogP contribution in [0.25, 0.3) is 0 Å². The zero-order chi connectivity index (χ0) is 29.8. The van der Waals surface area contributed by atoms with Crippen LogP contribution in [0.4, 0.5) is 5.69 Å². The molecule has 7 nitrogen and oxygen atoms in total. The second kappa shape index (κ2) is 15.4. The standard InChI is InChI=1S/C33H43N3O4S/c1-5-6-21-34-33(38)31(24-28-14-9-7-10-15-28)35(25-29-16-11-8-12-17-29)32(37)18-13-22-36(41(4,39)40)30-23-26(2)19-20-27(30)3/h7-12,14-17,19-20,23,31H,5-6,13,18,21-22,24-25H2,1-4H3,(H,34,38)/t31-/m0/s1. The van der Waals surface area contributed by atoms with Crippen molar-refractivity contribution in [2.45, 2.75) is 65.5 Å². The van der Waals surface area contributed by atoms with Crippen molar-refractivity contribution in [1.82, 2.24) is 10.2 Å². The number of aryl methyl sites for hydroxylation is 2.